The summed E-state index contributed by atoms with van der Waals surface area (Å²) in [6.45, 7) is 12.7. The normalized spacial score (nSPS) is 21.8. The Kier molecular flexibility index (Phi) is 5.21. The summed E-state index contributed by atoms with van der Waals surface area (Å²) in [5.41, 5.74) is 5.86. The molecule has 0 amide bonds. The fourth-order valence-corrected chi connectivity index (χ4v) is 1.94. The third-order valence-electron chi connectivity index (χ3n) is 2.91. The summed E-state index contributed by atoms with van der Waals surface area (Å²) in [5.74, 6) is 0.533. The van der Waals surface area contributed by atoms with Crippen molar-refractivity contribution < 1.29 is 4.74 Å². The van der Waals surface area contributed by atoms with Crippen molar-refractivity contribution in [3.63, 3.8) is 0 Å². The number of nitrogens with two attached hydrogens (primary N) is 1. The molecule has 0 radical (unpaired) electrons. The van der Waals surface area contributed by atoms with Gasteiger partial charge in [-0.05, 0) is 27.7 Å². The smallest absolute Gasteiger partial charge is 0.188 e. The van der Waals surface area contributed by atoms with Gasteiger partial charge in [0.05, 0.1) is 19.8 Å². The Balaban J connectivity index is 2.34. The van der Waals surface area contributed by atoms with Crippen molar-refractivity contribution in [2.45, 2.75) is 39.3 Å². The van der Waals surface area contributed by atoms with Crippen LogP contribution in [0.2, 0.25) is 0 Å². The van der Waals surface area contributed by atoms with Gasteiger partial charge in [0.1, 0.15) is 0 Å². The van der Waals surface area contributed by atoms with Crippen LogP contribution in [0.3, 0.4) is 0 Å². The molecule has 0 aromatic heterocycles. The number of morpholine rings is 1. The number of hydrogen-bond donors (Lipinski definition) is 2. The minimum absolute atomic E-state index is 0.105. The number of nitrogens with one attached hydrogen (secondary N) is 1. The maximum atomic E-state index is 5.75. The number of nitrogens with zero attached hydrogens (tertiary/aromatic N) is 2. The van der Waals surface area contributed by atoms with Crippen molar-refractivity contribution in [2.75, 3.05) is 32.8 Å². The van der Waals surface area contributed by atoms with Crippen LogP contribution >= 0.6 is 0 Å². The van der Waals surface area contributed by atoms with Crippen molar-refractivity contribution in [1.82, 2.24) is 10.2 Å². The fourth-order valence-electron chi connectivity index (χ4n) is 1.94. The van der Waals surface area contributed by atoms with Gasteiger partial charge in [-0.25, -0.2) is 0 Å². The van der Waals surface area contributed by atoms with Crippen molar-refractivity contribution >= 4 is 5.96 Å². The molecular formula is C12H26N4O. The Morgan fingerprint density at radius 3 is 2.82 bits per heavy atom. The molecule has 0 aromatic carbocycles. The van der Waals surface area contributed by atoms with Gasteiger partial charge in [-0.2, -0.15) is 0 Å². The molecule has 1 aliphatic heterocycles. The van der Waals surface area contributed by atoms with Crippen LogP contribution in [0.1, 0.15) is 27.7 Å². The summed E-state index contributed by atoms with van der Waals surface area (Å²) in [7, 11) is 0. The van der Waals surface area contributed by atoms with Gasteiger partial charge in [-0.1, -0.05) is 0 Å². The summed E-state index contributed by atoms with van der Waals surface area (Å²) in [6, 6.07) is 0.332. The topological polar surface area (TPSA) is 62.9 Å². The number of ether oxygens (including phenoxy) is 1. The SMILES string of the molecule is CC(C)NC(N)=NCCN1CCOCC1(C)C. The maximum absolute atomic E-state index is 5.75. The Morgan fingerprint density at radius 2 is 2.24 bits per heavy atom. The zero-order chi connectivity index (χ0) is 12.9. The van der Waals surface area contributed by atoms with E-state index in [1.807, 2.05) is 13.8 Å². The molecule has 1 saturated heterocycles. The fraction of sp³-hybridized carbons (Fsp3) is 0.917. The zero-order valence-electron chi connectivity index (χ0n) is 11.5. The van der Waals surface area contributed by atoms with Gasteiger partial charge in [0.2, 0.25) is 0 Å². The van der Waals surface area contributed by atoms with E-state index >= 15 is 0 Å². The van der Waals surface area contributed by atoms with E-state index in [1.54, 1.807) is 0 Å². The lowest BCUT2D eigenvalue weighted by atomic mass is 10.0. The molecule has 0 aromatic rings. The lowest BCUT2D eigenvalue weighted by Crippen LogP contribution is -2.53. The molecule has 1 aliphatic rings. The number of guanidine groups is 1. The summed E-state index contributed by atoms with van der Waals surface area (Å²) in [6.07, 6.45) is 0. The van der Waals surface area contributed by atoms with E-state index in [9.17, 15) is 0 Å². The van der Waals surface area contributed by atoms with Crippen LogP contribution in [-0.2, 0) is 4.74 Å². The lowest BCUT2D eigenvalue weighted by Gasteiger charge is -2.41. The Labute approximate surface area is 104 Å². The molecular weight excluding hydrogens is 216 g/mol. The molecule has 0 spiro atoms. The monoisotopic (exact) mass is 242 g/mol. The number of aliphatic imine (C=N–C) groups is 1. The minimum Gasteiger partial charge on any atom is -0.378 e. The molecule has 100 valence electrons. The molecule has 1 fully saturated rings. The predicted octanol–water partition coefficient (Wildman–Crippen LogP) is 0.410. The summed E-state index contributed by atoms with van der Waals surface area (Å²) < 4.78 is 5.48. The van der Waals surface area contributed by atoms with Crippen LogP contribution in [0.5, 0.6) is 0 Å². The summed E-state index contributed by atoms with van der Waals surface area (Å²) in [5, 5.41) is 3.09. The Morgan fingerprint density at radius 1 is 1.53 bits per heavy atom. The first-order valence-electron chi connectivity index (χ1n) is 6.31. The molecule has 0 saturated carbocycles. The quantitative estimate of drug-likeness (QED) is 0.554. The van der Waals surface area contributed by atoms with Gasteiger partial charge in [-0.15, -0.1) is 0 Å². The standard InChI is InChI=1S/C12H26N4O/c1-10(2)15-11(13)14-5-6-16-7-8-17-9-12(16,3)4/h10H,5-9H2,1-4H3,(H3,13,14,15). The van der Waals surface area contributed by atoms with Crippen LogP contribution in [0.4, 0.5) is 0 Å². The van der Waals surface area contributed by atoms with E-state index in [4.69, 9.17) is 10.5 Å². The molecule has 5 heteroatoms. The van der Waals surface area contributed by atoms with Gasteiger partial charge >= 0.3 is 0 Å². The maximum Gasteiger partial charge on any atom is 0.188 e. The van der Waals surface area contributed by atoms with Gasteiger partial charge in [0, 0.05) is 24.7 Å². The van der Waals surface area contributed by atoms with Gasteiger partial charge in [0.15, 0.2) is 5.96 Å². The van der Waals surface area contributed by atoms with Crippen molar-refractivity contribution in [2.24, 2.45) is 10.7 Å². The van der Waals surface area contributed by atoms with E-state index in [0.29, 0.717) is 12.0 Å². The highest BCUT2D eigenvalue weighted by Gasteiger charge is 2.29. The van der Waals surface area contributed by atoms with E-state index < -0.39 is 0 Å². The van der Waals surface area contributed by atoms with Crippen LogP contribution in [0.15, 0.2) is 4.99 Å². The van der Waals surface area contributed by atoms with Gasteiger partial charge in [0.25, 0.3) is 0 Å². The first kappa shape index (κ1) is 14.3. The second-order valence-electron chi connectivity index (χ2n) is 5.42. The highest BCUT2D eigenvalue weighted by molar-refractivity contribution is 5.78. The van der Waals surface area contributed by atoms with Crippen LogP contribution in [0, 0.1) is 0 Å². The zero-order valence-corrected chi connectivity index (χ0v) is 11.5. The largest absolute Gasteiger partial charge is 0.378 e. The van der Waals surface area contributed by atoms with E-state index in [2.05, 4.69) is 29.1 Å². The molecule has 1 rings (SSSR count). The van der Waals surface area contributed by atoms with E-state index in [-0.39, 0.29) is 5.54 Å². The predicted molar refractivity (Wildman–Crippen MR) is 71.2 cm³/mol. The average Bonchev–Trinajstić information content (AvgIpc) is 2.19. The van der Waals surface area contributed by atoms with Crippen LogP contribution in [-0.4, -0.2) is 55.3 Å². The molecule has 0 atom stereocenters. The summed E-state index contributed by atoms with van der Waals surface area (Å²) >= 11 is 0. The van der Waals surface area contributed by atoms with E-state index in [0.717, 1.165) is 32.8 Å². The van der Waals surface area contributed by atoms with Crippen molar-refractivity contribution in [1.29, 1.82) is 0 Å². The first-order chi connectivity index (χ1) is 7.92. The molecule has 0 aliphatic carbocycles. The minimum atomic E-state index is 0.105. The molecule has 3 N–H and O–H groups in total. The van der Waals surface area contributed by atoms with Crippen molar-refractivity contribution in [3.05, 3.63) is 0 Å². The van der Waals surface area contributed by atoms with E-state index in [1.165, 1.54) is 0 Å². The van der Waals surface area contributed by atoms with Crippen molar-refractivity contribution in [3.8, 4) is 0 Å². The third kappa shape index (κ3) is 4.91. The third-order valence-corrected chi connectivity index (χ3v) is 2.91. The average molecular weight is 242 g/mol. The molecule has 17 heavy (non-hydrogen) atoms. The van der Waals surface area contributed by atoms with Crippen LogP contribution < -0.4 is 11.1 Å². The lowest BCUT2D eigenvalue weighted by molar-refractivity contribution is -0.0491. The Bertz CT molecular complexity index is 263. The highest BCUT2D eigenvalue weighted by atomic mass is 16.5. The second-order valence-corrected chi connectivity index (χ2v) is 5.42. The Hall–Kier alpha value is -0.810. The molecule has 0 bridgehead atoms. The summed E-state index contributed by atoms with van der Waals surface area (Å²) in [4.78, 5) is 6.73. The second kappa shape index (κ2) is 6.21. The molecule has 1 heterocycles. The molecule has 0 unspecified atom stereocenters. The highest BCUT2D eigenvalue weighted by Crippen LogP contribution is 2.17. The number of rotatable bonds is 4. The molecule has 5 nitrogen and oxygen atoms in total. The van der Waals surface area contributed by atoms with Gasteiger partial charge < -0.3 is 15.8 Å². The number of hydrogen-bond acceptors (Lipinski definition) is 3. The first-order valence-corrected chi connectivity index (χ1v) is 6.31. The van der Waals surface area contributed by atoms with Gasteiger partial charge in [-0.3, -0.25) is 9.89 Å². The van der Waals surface area contributed by atoms with Crippen LogP contribution in [0.25, 0.3) is 0 Å².